The number of piperidine rings is 3. The van der Waals surface area contributed by atoms with Gasteiger partial charge >= 0.3 is 0 Å². The van der Waals surface area contributed by atoms with E-state index in [4.69, 9.17) is 4.74 Å². The number of ether oxygens (including phenoxy) is 1. The van der Waals surface area contributed by atoms with Crippen LogP contribution >= 0.6 is 0 Å². The molecule has 3 fully saturated rings. The molecule has 4 aromatic carbocycles. The minimum atomic E-state index is -0.480. The van der Waals surface area contributed by atoms with Crippen molar-refractivity contribution >= 4 is 22.3 Å². The summed E-state index contributed by atoms with van der Waals surface area (Å²) in [6, 6.07) is 24.1. The second-order valence-corrected chi connectivity index (χ2v) is 12.3. The van der Waals surface area contributed by atoms with Gasteiger partial charge in [-0.25, -0.2) is 0 Å². The zero-order chi connectivity index (χ0) is 29.9. The first-order valence-electron chi connectivity index (χ1n) is 15.4. The van der Waals surface area contributed by atoms with E-state index in [9.17, 15) is 9.59 Å². The summed E-state index contributed by atoms with van der Waals surface area (Å²) in [6.45, 7) is 6.05. The highest BCUT2D eigenvalue weighted by Gasteiger charge is 2.44. The molecule has 0 radical (unpaired) electrons. The van der Waals surface area contributed by atoms with E-state index in [1.165, 1.54) is 0 Å². The standard InChI is InChI=1S/C37H34N4O3/c1-3-21-20-41-17-15-22(21)18-31(41)33(28-14-16-38-30-13-12-23(44-2)19-29(28)30)40-35-34(36(42)37(35)43)39-32-26-10-6-4-8-24(26)25-9-5-7-11-27(25)32/h3-14,16,19,21-22,31-33,39-40H,1,15,17-18,20H2,2H3/t21-,22-,31-,33-/m0/s1. The van der Waals surface area contributed by atoms with E-state index in [0.717, 1.165) is 70.4 Å². The molecule has 7 nitrogen and oxygen atoms in total. The van der Waals surface area contributed by atoms with Crippen molar-refractivity contribution < 1.29 is 4.74 Å². The monoisotopic (exact) mass is 582 g/mol. The number of benzene rings is 3. The lowest BCUT2D eigenvalue weighted by Gasteiger charge is -2.52. The lowest BCUT2D eigenvalue weighted by molar-refractivity contribution is 0.0105. The molecule has 0 amide bonds. The molecule has 2 bridgehead atoms. The molecule has 4 heterocycles. The van der Waals surface area contributed by atoms with E-state index < -0.39 is 10.9 Å². The zero-order valence-electron chi connectivity index (χ0n) is 24.6. The number of fused-ring (bicyclic) bond motifs is 7. The molecule has 0 spiro atoms. The highest BCUT2D eigenvalue weighted by molar-refractivity contribution is 5.86. The SMILES string of the molecule is C=C[C@H]1CN2CC[C@H]1C[C@H]2[C@@H](Nc1c(NC2c3ccccc3-c3ccccc32)c(=O)c1=O)c1ccnc2ccc(OC)cc12. The van der Waals surface area contributed by atoms with Gasteiger partial charge in [-0.05, 0) is 83.3 Å². The second kappa shape index (κ2) is 10.5. The predicted molar refractivity (Wildman–Crippen MR) is 175 cm³/mol. The Hall–Kier alpha value is -4.75. The van der Waals surface area contributed by atoms with Gasteiger partial charge in [-0.15, -0.1) is 6.58 Å². The quantitative estimate of drug-likeness (QED) is 0.170. The van der Waals surface area contributed by atoms with Crippen molar-refractivity contribution in [2.24, 2.45) is 11.8 Å². The smallest absolute Gasteiger partial charge is 0.253 e. The Kier molecular flexibility index (Phi) is 6.38. The van der Waals surface area contributed by atoms with Crippen LogP contribution in [0, 0.1) is 11.8 Å². The summed E-state index contributed by atoms with van der Waals surface area (Å²) in [7, 11) is 1.66. The number of nitrogens with zero attached hydrogens (tertiary/aromatic N) is 2. The largest absolute Gasteiger partial charge is 0.497 e. The zero-order valence-corrected chi connectivity index (χ0v) is 24.6. The fourth-order valence-electron chi connectivity index (χ4n) is 7.93. The van der Waals surface area contributed by atoms with Crippen molar-refractivity contribution in [1.29, 1.82) is 0 Å². The van der Waals surface area contributed by atoms with Crippen molar-refractivity contribution in [3.05, 3.63) is 129 Å². The molecule has 4 aliphatic rings. The maximum Gasteiger partial charge on any atom is 0.253 e. The number of pyridine rings is 1. The number of rotatable bonds is 8. The van der Waals surface area contributed by atoms with Crippen LogP contribution in [0.5, 0.6) is 5.75 Å². The topological polar surface area (TPSA) is 83.6 Å². The molecule has 220 valence electrons. The number of aromatic nitrogens is 1. The molecular formula is C37H34N4O3. The van der Waals surface area contributed by atoms with Gasteiger partial charge in [-0.3, -0.25) is 19.5 Å². The predicted octanol–water partition coefficient (Wildman–Crippen LogP) is 6.07. The Morgan fingerprint density at radius 3 is 2.39 bits per heavy atom. The summed E-state index contributed by atoms with van der Waals surface area (Å²) in [5, 5.41) is 8.13. The lowest BCUT2D eigenvalue weighted by atomic mass is 9.73. The van der Waals surface area contributed by atoms with Crippen LogP contribution in [0.3, 0.4) is 0 Å². The highest BCUT2D eigenvalue weighted by Crippen LogP contribution is 2.46. The van der Waals surface area contributed by atoms with Gasteiger partial charge in [0.05, 0.1) is 24.7 Å². The normalized spacial score (nSPS) is 22.8. The lowest BCUT2D eigenvalue weighted by Crippen LogP contribution is -2.56. The Labute approximate surface area is 255 Å². The second-order valence-electron chi connectivity index (χ2n) is 12.3. The van der Waals surface area contributed by atoms with Gasteiger partial charge in [0, 0.05) is 24.2 Å². The first kappa shape index (κ1) is 26.8. The molecule has 9 rings (SSSR count). The average molecular weight is 583 g/mol. The number of nitrogens with one attached hydrogen (secondary N) is 2. The van der Waals surface area contributed by atoms with Crippen LogP contribution < -0.4 is 26.2 Å². The summed E-state index contributed by atoms with van der Waals surface area (Å²) in [5.74, 6) is 1.74. The van der Waals surface area contributed by atoms with Crippen LogP contribution in [0.2, 0.25) is 0 Å². The van der Waals surface area contributed by atoms with Crippen LogP contribution in [0.25, 0.3) is 22.0 Å². The van der Waals surface area contributed by atoms with E-state index in [0.29, 0.717) is 23.2 Å². The van der Waals surface area contributed by atoms with Crippen molar-refractivity contribution in [2.45, 2.75) is 31.0 Å². The van der Waals surface area contributed by atoms with Crippen molar-refractivity contribution in [1.82, 2.24) is 9.88 Å². The molecule has 2 N–H and O–H groups in total. The van der Waals surface area contributed by atoms with Crippen LogP contribution in [0.1, 0.15) is 41.6 Å². The van der Waals surface area contributed by atoms with E-state index in [2.05, 4.69) is 57.4 Å². The molecule has 1 aromatic heterocycles. The third-order valence-electron chi connectivity index (χ3n) is 10.2. The van der Waals surface area contributed by atoms with Gasteiger partial charge in [0.1, 0.15) is 17.1 Å². The van der Waals surface area contributed by atoms with Crippen LogP contribution in [-0.2, 0) is 0 Å². The number of methoxy groups -OCH3 is 1. The number of hydrogen-bond donors (Lipinski definition) is 2. The van der Waals surface area contributed by atoms with Crippen molar-refractivity contribution in [3.63, 3.8) is 0 Å². The highest BCUT2D eigenvalue weighted by atomic mass is 16.5. The van der Waals surface area contributed by atoms with Crippen LogP contribution in [0.15, 0.2) is 101 Å². The molecule has 1 aliphatic carbocycles. The third-order valence-corrected chi connectivity index (χ3v) is 10.2. The minimum Gasteiger partial charge on any atom is -0.497 e. The maximum atomic E-state index is 13.3. The van der Waals surface area contributed by atoms with Gasteiger partial charge in [0.2, 0.25) is 0 Å². The number of hydrogen-bond acceptors (Lipinski definition) is 7. The minimum absolute atomic E-state index is 0.131. The molecule has 7 heteroatoms. The molecule has 5 atom stereocenters. The third kappa shape index (κ3) is 4.10. The Morgan fingerprint density at radius 1 is 0.977 bits per heavy atom. The maximum absolute atomic E-state index is 13.3. The Morgan fingerprint density at radius 2 is 1.70 bits per heavy atom. The van der Waals surface area contributed by atoms with E-state index in [-0.39, 0.29) is 18.1 Å². The van der Waals surface area contributed by atoms with E-state index >= 15 is 0 Å². The molecular weight excluding hydrogens is 548 g/mol. The fourth-order valence-corrected chi connectivity index (χ4v) is 7.93. The summed E-state index contributed by atoms with van der Waals surface area (Å²) < 4.78 is 5.59. The van der Waals surface area contributed by atoms with Crippen LogP contribution in [0.4, 0.5) is 11.4 Å². The van der Waals surface area contributed by atoms with Gasteiger partial charge in [0.25, 0.3) is 10.9 Å². The first-order chi connectivity index (χ1) is 21.6. The van der Waals surface area contributed by atoms with Gasteiger partial charge < -0.3 is 15.4 Å². The molecule has 44 heavy (non-hydrogen) atoms. The van der Waals surface area contributed by atoms with Gasteiger partial charge in [0.15, 0.2) is 0 Å². The first-order valence-corrected chi connectivity index (χ1v) is 15.4. The summed E-state index contributed by atoms with van der Waals surface area (Å²) >= 11 is 0. The number of anilines is 2. The van der Waals surface area contributed by atoms with Crippen molar-refractivity contribution in [3.8, 4) is 16.9 Å². The molecule has 3 saturated heterocycles. The van der Waals surface area contributed by atoms with Crippen LogP contribution in [-0.4, -0.2) is 36.1 Å². The van der Waals surface area contributed by atoms with Gasteiger partial charge in [-0.2, -0.15) is 0 Å². The fraction of sp³-hybridized carbons (Fsp3) is 0.270. The molecule has 5 aromatic rings. The summed E-state index contributed by atoms with van der Waals surface area (Å²) in [5.41, 5.74) is 6.14. The molecule has 1 unspecified atom stereocenters. The Bertz CT molecular complexity index is 1950. The van der Waals surface area contributed by atoms with E-state index in [1.54, 1.807) is 7.11 Å². The average Bonchev–Trinajstić information content (AvgIpc) is 3.40. The Balaban J connectivity index is 1.21. The summed E-state index contributed by atoms with van der Waals surface area (Å²) in [6.07, 6.45) is 6.04. The van der Waals surface area contributed by atoms with Gasteiger partial charge in [-0.1, -0.05) is 54.6 Å². The van der Waals surface area contributed by atoms with E-state index in [1.807, 2.05) is 54.7 Å². The van der Waals surface area contributed by atoms with Crippen molar-refractivity contribution in [2.75, 3.05) is 30.8 Å². The molecule has 0 saturated carbocycles. The molecule has 3 aliphatic heterocycles. The summed E-state index contributed by atoms with van der Waals surface area (Å²) in [4.78, 5) is 33.7.